The number of benzene rings is 1. The Balaban J connectivity index is 1.47. The maximum atomic E-state index is 14.4. The smallest absolute Gasteiger partial charge is 0.171 e. The molecule has 4 nitrogen and oxygen atoms in total. The van der Waals surface area contributed by atoms with Crippen molar-refractivity contribution in [3.63, 3.8) is 0 Å². The first kappa shape index (κ1) is 16.7. The number of methoxy groups -OCH3 is 1. The van der Waals surface area contributed by atoms with Crippen LogP contribution in [0, 0.1) is 6.92 Å². The van der Waals surface area contributed by atoms with Gasteiger partial charge in [-0.15, -0.1) is 0 Å². The standard InChI is InChI=1S/C18H26FNO3/c1-13-3-4-14(11-17(13)21-2)6-8-20-16-5-7-18(12-15(16)19)22-9-10-23-18/h3-4,11,15-16,20H,5-10,12H2,1-2H3/t15-,16+/m0/s1. The van der Waals surface area contributed by atoms with E-state index in [0.29, 0.717) is 19.6 Å². The van der Waals surface area contributed by atoms with Crippen LogP contribution in [-0.2, 0) is 15.9 Å². The molecule has 1 N–H and O–H groups in total. The van der Waals surface area contributed by atoms with Crippen LogP contribution in [0.2, 0.25) is 0 Å². The summed E-state index contributed by atoms with van der Waals surface area (Å²) >= 11 is 0. The van der Waals surface area contributed by atoms with Crippen molar-refractivity contribution in [3.8, 4) is 5.75 Å². The Bertz CT molecular complexity index is 531. The monoisotopic (exact) mass is 323 g/mol. The number of halogens is 1. The lowest BCUT2D eigenvalue weighted by atomic mass is 9.88. The maximum Gasteiger partial charge on any atom is 0.171 e. The molecule has 23 heavy (non-hydrogen) atoms. The number of hydrogen-bond donors (Lipinski definition) is 1. The van der Waals surface area contributed by atoms with Crippen molar-refractivity contribution in [1.82, 2.24) is 5.32 Å². The fraction of sp³-hybridized carbons (Fsp3) is 0.667. The van der Waals surface area contributed by atoms with Gasteiger partial charge in [0.05, 0.1) is 20.3 Å². The molecule has 1 aliphatic carbocycles. The van der Waals surface area contributed by atoms with Crippen molar-refractivity contribution in [3.05, 3.63) is 29.3 Å². The van der Waals surface area contributed by atoms with Gasteiger partial charge in [0.15, 0.2) is 5.79 Å². The average molecular weight is 323 g/mol. The fourth-order valence-electron chi connectivity index (χ4n) is 3.51. The van der Waals surface area contributed by atoms with E-state index in [2.05, 4.69) is 23.5 Å². The van der Waals surface area contributed by atoms with Gasteiger partial charge in [-0.25, -0.2) is 4.39 Å². The summed E-state index contributed by atoms with van der Waals surface area (Å²) in [4.78, 5) is 0. The molecule has 0 amide bonds. The van der Waals surface area contributed by atoms with E-state index in [-0.39, 0.29) is 6.04 Å². The average Bonchev–Trinajstić information content (AvgIpc) is 2.99. The van der Waals surface area contributed by atoms with Gasteiger partial charge in [0.2, 0.25) is 0 Å². The minimum atomic E-state index is -0.922. The quantitative estimate of drug-likeness (QED) is 0.904. The van der Waals surface area contributed by atoms with E-state index in [1.807, 2.05) is 6.92 Å². The topological polar surface area (TPSA) is 39.7 Å². The maximum absolute atomic E-state index is 14.4. The molecule has 1 heterocycles. The summed E-state index contributed by atoms with van der Waals surface area (Å²) in [5.74, 6) is 0.253. The molecule has 5 heteroatoms. The molecule has 1 spiro atoms. The first-order valence-electron chi connectivity index (χ1n) is 8.41. The van der Waals surface area contributed by atoms with E-state index in [9.17, 15) is 4.39 Å². The Hall–Kier alpha value is -1.17. The van der Waals surface area contributed by atoms with Crippen LogP contribution in [0.25, 0.3) is 0 Å². The van der Waals surface area contributed by atoms with Gasteiger partial charge in [-0.3, -0.25) is 0 Å². The van der Waals surface area contributed by atoms with Crippen LogP contribution in [0.15, 0.2) is 18.2 Å². The molecule has 0 radical (unpaired) electrons. The highest BCUT2D eigenvalue weighted by Gasteiger charge is 2.45. The summed E-state index contributed by atoms with van der Waals surface area (Å²) in [6, 6.07) is 6.11. The fourth-order valence-corrected chi connectivity index (χ4v) is 3.51. The molecule has 1 aliphatic heterocycles. The summed E-state index contributed by atoms with van der Waals surface area (Å²) in [6.45, 7) is 3.95. The van der Waals surface area contributed by atoms with Gasteiger partial charge in [-0.2, -0.15) is 0 Å². The summed E-state index contributed by atoms with van der Waals surface area (Å²) in [7, 11) is 1.68. The summed E-state index contributed by atoms with van der Waals surface area (Å²) < 4.78 is 31.0. The second kappa shape index (κ2) is 7.16. The summed E-state index contributed by atoms with van der Waals surface area (Å²) in [6.07, 6.45) is 1.79. The number of alkyl halides is 1. The number of ether oxygens (including phenoxy) is 3. The van der Waals surface area contributed by atoms with E-state index in [1.54, 1.807) is 7.11 Å². The lowest BCUT2D eigenvalue weighted by molar-refractivity contribution is -0.192. The van der Waals surface area contributed by atoms with Gasteiger partial charge in [0.25, 0.3) is 0 Å². The minimum absolute atomic E-state index is 0.110. The molecule has 128 valence electrons. The van der Waals surface area contributed by atoms with Crippen LogP contribution in [0.5, 0.6) is 5.75 Å². The predicted molar refractivity (Wildman–Crippen MR) is 86.6 cm³/mol. The van der Waals surface area contributed by atoms with Crippen molar-refractivity contribution >= 4 is 0 Å². The molecule has 2 atom stereocenters. The molecular formula is C18H26FNO3. The molecule has 0 bridgehead atoms. The molecule has 2 aliphatic rings. The molecule has 1 saturated carbocycles. The van der Waals surface area contributed by atoms with E-state index < -0.39 is 12.0 Å². The molecule has 3 rings (SSSR count). The van der Waals surface area contributed by atoms with E-state index in [0.717, 1.165) is 37.1 Å². The molecule has 1 saturated heterocycles. The van der Waals surface area contributed by atoms with Crippen molar-refractivity contribution in [2.45, 2.75) is 50.6 Å². The highest BCUT2D eigenvalue weighted by molar-refractivity contribution is 5.36. The molecule has 0 aromatic heterocycles. The van der Waals surface area contributed by atoms with Crippen LogP contribution in [0.4, 0.5) is 4.39 Å². The first-order valence-corrected chi connectivity index (χ1v) is 8.41. The Labute approximate surface area is 137 Å². The highest BCUT2D eigenvalue weighted by atomic mass is 19.1. The summed E-state index contributed by atoms with van der Waals surface area (Å²) in [5, 5.41) is 3.35. The van der Waals surface area contributed by atoms with Crippen molar-refractivity contribution in [2.75, 3.05) is 26.9 Å². The van der Waals surface area contributed by atoms with Gasteiger partial charge in [0, 0.05) is 18.9 Å². The number of aryl methyl sites for hydroxylation is 1. The molecule has 0 unspecified atom stereocenters. The number of hydrogen-bond acceptors (Lipinski definition) is 4. The first-order chi connectivity index (χ1) is 11.1. The van der Waals surface area contributed by atoms with Crippen molar-refractivity contribution in [2.24, 2.45) is 0 Å². The predicted octanol–water partition coefficient (Wildman–Crippen LogP) is 2.77. The Morgan fingerprint density at radius 3 is 2.83 bits per heavy atom. The SMILES string of the molecule is COc1cc(CCN[C@@H]2CCC3(C[C@@H]2F)OCCO3)ccc1C. The Kier molecular flexibility index (Phi) is 5.19. The summed E-state index contributed by atoms with van der Waals surface area (Å²) in [5.41, 5.74) is 2.33. The molecular weight excluding hydrogens is 297 g/mol. The number of nitrogens with one attached hydrogen (secondary N) is 1. The molecule has 2 fully saturated rings. The third-order valence-electron chi connectivity index (χ3n) is 4.89. The van der Waals surface area contributed by atoms with Crippen molar-refractivity contribution < 1.29 is 18.6 Å². The van der Waals surface area contributed by atoms with Gasteiger partial charge < -0.3 is 19.5 Å². The van der Waals surface area contributed by atoms with E-state index in [1.165, 1.54) is 5.56 Å². The van der Waals surface area contributed by atoms with Crippen LogP contribution >= 0.6 is 0 Å². The van der Waals surface area contributed by atoms with Gasteiger partial charge >= 0.3 is 0 Å². The second-order valence-electron chi connectivity index (χ2n) is 6.48. The van der Waals surface area contributed by atoms with Crippen LogP contribution < -0.4 is 10.1 Å². The van der Waals surface area contributed by atoms with Gasteiger partial charge in [-0.1, -0.05) is 12.1 Å². The van der Waals surface area contributed by atoms with E-state index >= 15 is 0 Å². The molecule has 1 aromatic rings. The Morgan fingerprint density at radius 1 is 1.35 bits per heavy atom. The highest BCUT2D eigenvalue weighted by Crippen LogP contribution is 2.37. The van der Waals surface area contributed by atoms with Crippen LogP contribution in [-0.4, -0.2) is 44.9 Å². The van der Waals surface area contributed by atoms with Crippen molar-refractivity contribution in [1.29, 1.82) is 0 Å². The number of rotatable bonds is 5. The second-order valence-corrected chi connectivity index (χ2v) is 6.48. The Morgan fingerprint density at radius 2 is 2.13 bits per heavy atom. The van der Waals surface area contributed by atoms with Gasteiger partial charge in [-0.05, 0) is 43.5 Å². The van der Waals surface area contributed by atoms with Crippen LogP contribution in [0.3, 0.4) is 0 Å². The zero-order valence-corrected chi connectivity index (χ0v) is 13.9. The third-order valence-corrected chi connectivity index (χ3v) is 4.89. The third kappa shape index (κ3) is 3.84. The lowest BCUT2D eigenvalue weighted by Crippen LogP contribution is -2.49. The van der Waals surface area contributed by atoms with Crippen LogP contribution in [0.1, 0.15) is 30.4 Å². The largest absolute Gasteiger partial charge is 0.496 e. The minimum Gasteiger partial charge on any atom is -0.496 e. The normalized spacial score (nSPS) is 26.6. The van der Waals surface area contributed by atoms with Gasteiger partial charge in [0.1, 0.15) is 11.9 Å². The zero-order valence-electron chi connectivity index (χ0n) is 13.9. The van der Waals surface area contributed by atoms with E-state index in [4.69, 9.17) is 14.2 Å². The lowest BCUT2D eigenvalue weighted by Gasteiger charge is -2.38. The molecule has 1 aromatic carbocycles. The zero-order chi connectivity index (χ0) is 16.3.